The van der Waals surface area contributed by atoms with Crippen molar-refractivity contribution < 1.29 is 4.79 Å². The fraction of sp³-hybridized carbons (Fsp3) is 0.923. The molecule has 5 heteroatoms. The van der Waals surface area contributed by atoms with Crippen LogP contribution in [0, 0.1) is 5.92 Å². The SMILES string of the molecule is CCN(CC(N)(C(N)=O)C1CC1)C(C)CN(C)C. The highest BCUT2D eigenvalue weighted by Crippen LogP contribution is 2.38. The van der Waals surface area contributed by atoms with E-state index in [1.807, 2.05) is 0 Å². The van der Waals surface area contributed by atoms with Crippen LogP contribution in [0.1, 0.15) is 26.7 Å². The van der Waals surface area contributed by atoms with Gasteiger partial charge in [-0.25, -0.2) is 0 Å². The molecular formula is C13H28N4O. The van der Waals surface area contributed by atoms with Crippen molar-refractivity contribution in [3.63, 3.8) is 0 Å². The lowest BCUT2D eigenvalue weighted by Gasteiger charge is -2.37. The van der Waals surface area contributed by atoms with Gasteiger partial charge in [0, 0.05) is 19.1 Å². The fourth-order valence-corrected chi connectivity index (χ4v) is 2.57. The molecule has 0 aromatic carbocycles. The van der Waals surface area contributed by atoms with E-state index < -0.39 is 5.54 Å². The Hall–Kier alpha value is -0.650. The van der Waals surface area contributed by atoms with E-state index in [1.54, 1.807) is 0 Å². The Bertz CT molecular complexity index is 291. The average Bonchev–Trinajstić information content (AvgIpc) is 3.07. The fourth-order valence-electron chi connectivity index (χ4n) is 2.57. The molecule has 1 aliphatic rings. The minimum Gasteiger partial charge on any atom is -0.368 e. The van der Waals surface area contributed by atoms with Crippen LogP contribution in [0.15, 0.2) is 0 Å². The Labute approximate surface area is 110 Å². The van der Waals surface area contributed by atoms with Gasteiger partial charge in [-0.3, -0.25) is 9.69 Å². The first kappa shape index (κ1) is 15.4. The molecule has 5 nitrogen and oxygen atoms in total. The lowest BCUT2D eigenvalue weighted by Crippen LogP contribution is -2.62. The number of carbonyl (C=O) groups is 1. The summed E-state index contributed by atoms with van der Waals surface area (Å²) < 4.78 is 0. The molecule has 1 rings (SSSR count). The standard InChI is InChI=1S/C13H28N4O/c1-5-17(10(2)8-16(3)4)9-13(15,12(14)18)11-6-7-11/h10-11H,5-9,15H2,1-4H3,(H2,14,18). The largest absolute Gasteiger partial charge is 0.368 e. The summed E-state index contributed by atoms with van der Waals surface area (Å²) in [4.78, 5) is 16.1. The normalized spacial score (nSPS) is 21.1. The minimum atomic E-state index is -0.851. The number of rotatable bonds is 8. The third kappa shape index (κ3) is 3.67. The molecule has 1 saturated carbocycles. The van der Waals surface area contributed by atoms with Crippen molar-refractivity contribution in [3.05, 3.63) is 0 Å². The van der Waals surface area contributed by atoms with Gasteiger partial charge in [-0.05, 0) is 46.3 Å². The predicted octanol–water partition coefficient (Wildman–Crippen LogP) is -0.149. The van der Waals surface area contributed by atoms with E-state index in [1.165, 1.54) is 0 Å². The molecule has 0 saturated heterocycles. The number of hydrogen-bond donors (Lipinski definition) is 2. The maximum absolute atomic E-state index is 11.7. The van der Waals surface area contributed by atoms with Crippen LogP contribution in [-0.4, -0.2) is 61.0 Å². The predicted molar refractivity (Wildman–Crippen MR) is 74.1 cm³/mol. The summed E-state index contributed by atoms with van der Waals surface area (Å²) in [6.45, 7) is 6.66. The summed E-state index contributed by atoms with van der Waals surface area (Å²) in [6, 6.07) is 0.367. The molecule has 1 aliphatic carbocycles. The lowest BCUT2D eigenvalue weighted by atomic mass is 9.92. The zero-order chi connectivity index (χ0) is 13.9. The molecule has 0 aliphatic heterocycles. The first-order valence-electron chi connectivity index (χ1n) is 6.78. The van der Waals surface area contributed by atoms with Crippen LogP contribution in [0.4, 0.5) is 0 Å². The van der Waals surface area contributed by atoms with Gasteiger partial charge >= 0.3 is 0 Å². The second-order valence-corrected chi connectivity index (χ2v) is 5.85. The van der Waals surface area contributed by atoms with Crippen molar-refractivity contribution >= 4 is 5.91 Å². The molecule has 106 valence electrons. The molecule has 2 unspecified atom stereocenters. The topological polar surface area (TPSA) is 75.6 Å². The summed E-state index contributed by atoms with van der Waals surface area (Å²) in [5.74, 6) is -0.0869. The molecule has 0 aromatic rings. The lowest BCUT2D eigenvalue weighted by molar-refractivity contribution is -0.124. The van der Waals surface area contributed by atoms with Gasteiger partial charge in [0.1, 0.15) is 5.54 Å². The number of nitrogens with two attached hydrogens (primary N) is 2. The molecule has 4 N–H and O–H groups in total. The molecule has 0 radical (unpaired) electrons. The number of nitrogens with zero attached hydrogens (tertiary/aromatic N) is 2. The Morgan fingerprint density at radius 3 is 2.33 bits per heavy atom. The van der Waals surface area contributed by atoms with Gasteiger partial charge in [0.05, 0.1) is 0 Å². The van der Waals surface area contributed by atoms with Crippen LogP contribution in [0.25, 0.3) is 0 Å². The van der Waals surface area contributed by atoms with Gasteiger partial charge in [0.25, 0.3) is 0 Å². The Morgan fingerprint density at radius 2 is 2.00 bits per heavy atom. The van der Waals surface area contributed by atoms with E-state index in [0.717, 1.165) is 25.9 Å². The summed E-state index contributed by atoms with van der Waals surface area (Å²) >= 11 is 0. The first-order valence-corrected chi connectivity index (χ1v) is 6.78. The van der Waals surface area contributed by atoms with Crippen molar-refractivity contribution in [2.45, 2.75) is 38.3 Å². The molecule has 0 bridgehead atoms. The third-order valence-electron chi connectivity index (χ3n) is 3.89. The van der Waals surface area contributed by atoms with Crippen LogP contribution in [0.3, 0.4) is 0 Å². The maximum atomic E-state index is 11.7. The van der Waals surface area contributed by atoms with Crippen LogP contribution in [0.2, 0.25) is 0 Å². The zero-order valence-corrected chi connectivity index (χ0v) is 12.1. The molecule has 18 heavy (non-hydrogen) atoms. The Balaban J connectivity index is 2.68. The van der Waals surface area contributed by atoms with Gasteiger partial charge in [0.15, 0.2) is 0 Å². The average molecular weight is 256 g/mol. The van der Waals surface area contributed by atoms with E-state index in [4.69, 9.17) is 11.5 Å². The Morgan fingerprint density at radius 1 is 1.44 bits per heavy atom. The molecule has 2 atom stereocenters. The van der Waals surface area contributed by atoms with Crippen molar-refractivity contribution in [1.82, 2.24) is 9.80 Å². The van der Waals surface area contributed by atoms with Crippen LogP contribution < -0.4 is 11.5 Å². The quantitative estimate of drug-likeness (QED) is 0.633. The molecular weight excluding hydrogens is 228 g/mol. The Kier molecular flexibility index (Phi) is 5.13. The minimum absolute atomic E-state index is 0.274. The van der Waals surface area contributed by atoms with E-state index in [2.05, 4.69) is 37.7 Å². The van der Waals surface area contributed by atoms with E-state index >= 15 is 0 Å². The first-order chi connectivity index (χ1) is 8.31. The van der Waals surface area contributed by atoms with E-state index in [9.17, 15) is 4.79 Å². The number of amides is 1. The van der Waals surface area contributed by atoms with Gasteiger partial charge < -0.3 is 16.4 Å². The summed E-state index contributed by atoms with van der Waals surface area (Å²) in [5, 5.41) is 0. The van der Waals surface area contributed by atoms with Crippen molar-refractivity contribution in [3.8, 4) is 0 Å². The summed E-state index contributed by atoms with van der Waals surface area (Å²) in [7, 11) is 4.10. The third-order valence-corrected chi connectivity index (χ3v) is 3.89. The number of likely N-dealkylation sites (N-methyl/N-ethyl adjacent to an activating group) is 2. The highest BCUT2D eigenvalue weighted by Gasteiger charge is 2.47. The van der Waals surface area contributed by atoms with Crippen molar-refractivity contribution in [2.75, 3.05) is 33.7 Å². The second-order valence-electron chi connectivity index (χ2n) is 5.85. The summed E-state index contributed by atoms with van der Waals surface area (Å²) in [5.41, 5.74) is 10.9. The van der Waals surface area contributed by atoms with E-state index in [-0.39, 0.29) is 11.8 Å². The van der Waals surface area contributed by atoms with Crippen LogP contribution >= 0.6 is 0 Å². The van der Waals surface area contributed by atoms with Crippen LogP contribution in [-0.2, 0) is 4.79 Å². The monoisotopic (exact) mass is 256 g/mol. The molecule has 0 spiro atoms. The van der Waals surface area contributed by atoms with Crippen molar-refractivity contribution in [1.29, 1.82) is 0 Å². The van der Waals surface area contributed by atoms with Gasteiger partial charge in [-0.15, -0.1) is 0 Å². The van der Waals surface area contributed by atoms with Crippen LogP contribution in [0.5, 0.6) is 0 Å². The van der Waals surface area contributed by atoms with Gasteiger partial charge in [0.2, 0.25) is 5.91 Å². The number of hydrogen-bond acceptors (Lipinski definition) is 4. The molecule has 1 fully saturated rings. The van der Waals surface area contributed by atoms with E-state index in [0.29, 0.717) is 12.6 Å². The molecule has 0 heterocycles. The van der Waals surface area contributed by atoms with Crippen molar-refractivity contribution in [2.24, 2.45) is 17.4 Å². The van der Waals surface area contributed by atoms with Gasteiger partial charge in [-0.2, -0.15) is 0 Å². The second kappa shape index (κ2) is 5.99. The highest BCUT2D eigenvalue weighted by molar-refractivity contribution is 5.85. The summed E-state index contributed by atoms with van der Waals surface area (Å²) in [6.07, 6.45) is 2.05. The molecule has 0 aromatic heterocycles. The number of primary amides is 1. The van der Waals surface area contributed by atoms with Gasteiger partial charge in [-0.1, -0.05) is 6.92 Å². The smallest absolute Gasteiger partial charge is 0.239 e. The maximum Gasteiger partial charge on any atom is 0.239 e. The zero-order valence-electron chi connectivity index (χ0n) is 12.1. The molecule has 1 amide bonds. The number of carbonyl (C=O) groups excluding carboxylic acids is 1. The highest BCUT2D eigenvalue weighted by atomic mass is 16.1.